The van der Waals surface area contributed by atoms with Crippen molar-refractivity contribution in [2.45, 2.75) is 18.8 Å². The average Bonchev–Trinajstić information content (AvgIpc) is 2.62. The third-order valence-electron chi connectivity index (χ3n) is 4.45. The lowest BCUT2D eigenvalue weighted by Gasteiger charge is -2.29. The lowest BCUT2D eigenvalue weighted by molar-refractivity contribution is 0.131. The van der Waals surface area contributed by atoms with E-state index >= 15 is 0 Å². The molecule has 3 rings (SSSR count). The molecule has 2 aromatic rings. The number of methoxy groups -OCH3 is 2. The summed E-state index contributed by atoms with van der Waals surface area (Å²) in [5.74, 6) is 0.0108. The van der Waals surface area contributed by atoms with Crippen molar-refractivity contribution >= 4 is 22.8 Å². The summed E-state index contributed by atoms with van der Waals surface area (Å²) in [7, 11) is 2.75. The molecule has 8 nitrogen and oxygen atoms in total. The van der Waals surface area contributed by atoms with Gasteiger partial charge in [-0.05, 0) is 18.9 Å². The lowest BCUT2D eigenvalue weighted by Crippen LogP contribution is -2.37. The highest BCUT2D eigenvalue weighted by molar-refractivity contribution is 5.91. The Morgan fingerprint density at radius 2 is 2.00 bits per heavy atom. The van der Waals surface area contributed by atoms with Crippen molar-refractivity contribution in [3.8, 4) is 11.5 Å². The van der Waals surface area contributed by atoms with Crippen LogP contribution >= 0.6 is 0 Å². The van der Waals surface area contributed by atoms with Gasteiger partial charge in [0, 0.05) is 24.4 Å². The van der Waals surface area contributed by atoms with Gasteiger partial charge in [-0.1, -0.05) is 0 Å². The monoisotopic (exact) mass is 350 g/mol. The second-order valence-corrected chi connectivity index (χ2v) is 5.83. The molecule has 1 amide bonds. The third kappa shape index (κ3) is 2.97. The van der Waals surface area contributed by atoms with E-state index in [1.165, 1.54) is 19.1 Å². The van der Waals surface area contributed by atoms with Gasteiger partial charge in [-0.2, -0.15) is 0 Å². The van der Waals surface area contributed by atoms with Crippen molar-refractivity contribution in [1.82, 2.24) is 14.9 Å². The van der Waals surface area contributed by atoms with Gasteiger partial charge in [0.25, 0.3) is 0 Å². The molecule has 0 atom stereocenters. The van der Waals surface area contributed by atoms with Crippen LogP contribution in [0.15, 0.2) is 6.07 Å². The van der Waals surface area contributed by atoms with Crippen molar-refractivity contribution in [1.29, 1.82) is 0 Å². The number of piperidine rings is 1. The fourth-order valence-corrected chi connectivity index (χ4v) is 3.08. The maximum atomic E-state index is 14.8. The highest BCUT2D eigenvalue weighted by Crippen LogP contribution is 2.38. The zero-order chi connectivity index (χ0) is 18.1. The summed E-state index contributed by atoms with van der Waals surface area (Å²) >= 11 is 0. The number of amides is 1. The molecule has 134 valence electrons. The summed E-state index contributed by atoms with van der Waals surface area (Å²) in [6.07, 6.45) is 0.179. The average molecular weight is 350 g/mol. The second-order valence-electron chi connectivity index (χ2n) is 5.83. The predicted octanol–water partition coefficient (Wildman–Crippen LogP) is 2.23. The van der Waals surface area contributed by atoms with Crippen LogP contribution in [0.3, 0.4) is 0 Å². The van der Waals surface area contributed by atoms with Crippen molar-refractivity contribution in [2.75, 3.05) is 33.0 Å². The van der Waals surface area contributed by atoms with Crippen LogP contribution in [0.5, 0.6) is 11.5 Å². The molecule has 0 unspecified atom stereocenters. The van der Waals surface area contributed by atoms with Crippen LogP contribution in [-0.4, -0.2) is 53.4 Å². The van der Waals surface area contributed by atoms with E-state index < -0.39 is 11.9 Å². The molecule has 9 heteroatoms. The molecular weight excluding hydrogens is 331 g/mol. The lowest BCUT2D eigenvalue weighted by atomic mass is 9.96. The quantitative estimate of drug-likeness (QED) is 0.873. The number of carbonyl (C=O) groups is 1. The SMILES string of the molecule is COc1cc2c(N)nc(C3CCN(C(=O)O)CC3)nc2c(F)c1OC. The topological polar surface area (TPSA) is 111 Å². The minimum atomic E-state index is -0.944. The van der Waals surface area contributed by atoms with Gasteiger partial charge in [0.2, 0.25) is 0 Å². The largest absolute Gasteiger partial charge is 0.493 e. The highest BCUT2D eigenvalue weighted by Gasteiger charge is 2.27. The number of benzene rings is 1. The van der Waals surface area contributed by atoms with E-state index in [0.29, 0.717) is 37.1 Å². The maximum absolute atomic E-state index is 14.8. The Morgan fingerprint density at radius 1 is 1.32 bits per heavy atom. The predicted molar refractivity (Wildman–Crippen MR) is 88.6 cm³/mol. The van der Waals surface area contributed by atoms with Gasteiger partial charge >= 0.3 is 6.09 Å². The number of hydrogen-bond acceptors (Lipinski definition) is 6. The number of ether oxygens (including phenoxy) is 2. The van der Waals surface area contributed by atoms with Gasteiger partial charge in [-0.25, -0.2) is 19.2 Å². The number of halogens is 1. The van der Waals surface area contributed by atoms with Crippen LogP contribution < -0.4 is 15.2 Å². The minimum absolute atomic E-state index is 0.0419. The molecule has 3 N–H and O–H groups in total. The van der Waals surface area contributed by atoms with Crippen LogP contribution in [0.25, 0.3) is 10.9 Å². The van der Waals surface area contributed by atoms with Crippen LogP contribution in [0.2, 0.25) is 0 Å². The first kappa shape index (κ1) is 17.0. The molecular formula is C16H19FN4O4. The highest BCUT2D eigenvalue weighted by atomic mass is 19.1. The number of fused-ring (bicyclic) bond motifs is 1. The number of likely N-dealkylation sites (tertiary alicyclic amines) is 1. The molecule has 0 aliphatic carbocycles. The number of nitrogens with two attached hydrogens (primary N) is 1. The molecule has 1 aliphatic heterocycles. The minimum Gasteiger partial charge on any atom is -0.493 e. The van der Waals surface area contributed by atoms with E-state index in [-0.39, 0.29) is 28.8 Å². The van der Waals surface area contributed by atoms with Crippen LogP contribution in [-0.2, 0) is 0 Å². The number of nitrogen functional groups attached to an aromatic ring is 1. The van der Waals surface area contributed by atoms with E-state index in [1.54, 1.807) is 6.07 Å². The molecule has 0 spiro atoms. The van der Waals surface area contributed by atoms with Gasteiger partial charge < -0.3 is 25.2 Å². The smallest absolute Gasteiger partial charge is 0.407 e. The van der Waals surface area contributed by atoms with Crippen LogP contribution in [0.4, 0.5) is 15.0 Å². The Morgan fingerprint density at radius 3 is 2.56 bits per heavy atom. The third-order valence-corrected chi connectivity index (χ3v) is 4.45. The molecule has 1 aliphatic rings. The zero-order valence-electron chi connectivity index (χ0n) is 14.0. The first-order chi connectivity index (χ1) is 12.0. The van der Waals surface area contributed by atoms with Crippen molar-refractivity contribution < 1.29 is 23.8 Å². The summed E-state index contributed by atoms with van der Waals surface area (Å²) in [5.41, 5.74) is 6.07. The molecule has 1 aromatic heterocycles. The first-order valence-electron chi connectivity index (χ1n) is 7.81. The molecule has 25 heavy (non-hydrogen) atoms. The molecule has 0 bridgehead atoms. The summed E-state index contributed by atoms with van der Waals surface area (Å²) in [5, 5.41) is 9.37. The molecule has 1 saturated heterocycles. The normalized spacial score (nSPS) is 15.4. The van der Waals surface area contributed by atoms with E-state index in [9.17, 15) is 9.18 Å². The van der Waals surface area contributed by atoms with Gasteiger partial charge in [0.1, 0.15) is 17.2 Å². The Kier molecular flexibility index (Phi) is 4.47. The maximum Gasteiger partial charge on any atom is 0.407 e. The number of aromatic nitrogens is 2. The summed E-state index contributed by atoms with van der Waals surface area (Å²) in [6, 6.07) is 1.55. The van der Waals surface area contributed by atoms with E-state index in [1.807, 2.05) is 0 Å². The Balaban J connectivity index is 2.02. The van der Waals surface area contributed by atoms with Gasteiger partial charge in [-0.3, -0.25) is 0 Å². The number of rotatable bonds is 3. The molecule has 0 radical (unpaired) electrons. The molecule has 0 saturated carbocycles. The fraction of sp³-hybridized carbons (Fsp3) is 0.438. The number of carboxylic acid groups (broad SMARTS) is 1. The molecule has 1 fully saturated rings. The standard InChI is InChI=1S/C16H19FN4O4/c1-24-10-7-9-12(11(17)13(10)25-2)19-15(20-14(9)18)8-3-5-21(6-4-8)16(22)23/h7-8H,3-6H2,1-2H3,(H,22,23)(H2,18,19,20). The summed E-state index contributed by atoms with van der Waals surface area (Å²) in [4.78, 5) is 21.0. The van der Waals surface area contributed by atoms with Crippen molar-refractivity contribution in [2.24, 2.45) is 0 Å². The summed E-state index contributed by atoms with van der Waals surface area (Å²) < 4.78 is 25.0. The zero-order valence-corrected chi connectivity index (χ0v) is 14.0. The molecule has 1 aromatic carbocycles. The van der Waals surface area contributed by atoms with Crippen LogP contribution in [0, 0.1) is 5.82 Å². The van der Waals surface area contributed by atoms with Gasteiger partial charge in [0.05, 0.1) is 14.2 Å². The van der Waals surface area contributed by atoms with E-state index in [2.05, 4.69) is 9.97 Å². The Labute approximate surface area is 143 Å². The first-order valence-corrected chi connectivity index (χ1v) is 7.81. The molecule has 2 heterocycles. The van der Waals surface area contributed by atoms with Gasteiger partial charge in [-0.15, -0.1) is 0 Å². The van der Waals surface area contributed by atoms with Crippen molar-refractivity contribution in [3.05, 3.63) is 17.7 Å². The second kappa shape index (κ2) is 6.58. The fourth-order valence-electron chi connectivity index (χ4n) is 3.08. The van der Waals surface area contributed by atoms with Crippen molar-refractivity contribution in [3.63, 3.8) is 0 Å². The summed E-state index contributed by atoms with van der Waals surface area (Å²) in [6.45, 7) is 0.769. The Bertz CT molecular complexity index is 822. The Hall–Kier alpha value is -2.84. The van der Waals surface area contributed by atoms with E-state index in [0.717, 1.165) is 0 Å². The number of nitrogens with zero attached hydrogens (tertiary/aromatic N) is 3. The van der Waals surface area contributed by atoms with E-state index in [4.69, 9.17) is 20.3 Å². The number of hydrogen-bond donors (Lipinski definition) is 2. The number of anilines is 1. The van der Waals surface area contributed by atoms with Gasteiger partial charge in [0.15, 0.2) is 17.3 Å². The van der Waals surface area contributed by atoms with Crippen LogP contribution in [0.1, 0.15) is 24.6 Å².